The molecule has 4 heteroatoms. The molecule has 0 N–H and O–H groups in total. The van der Waals surface area contributed by atoms with E-state index < -0.39 is 7.14 Å². The Kier molecular flexibility index (Phi) is 4.71. The lowest BCUT2D eigenvalue weighted by atomic mass is 10.0. The lowest BCUT2D eigenvalue weighted by Crippen LogP contribution is -2.24. The third kappa shape index (κ3) is 3.29. The van der Waals surface area contributed by atoms with Gasteiger partial charge in [0, 0.05) is 44.6 Å². The fraction of sp³-hybridized carbons (Fsp3) is 0. The van der Waals surface area contributed by atoms with Crippen molar-refractivity contribution in [1.82, 2.24) is 4.98 Å². The highest BCUT2D eigenvalue weighted by atomic mass is 31.2. The van der Waals surface area contributed by atoms with Gasteiger partial charge in [-0.15, -0.1) is 0 Å². The van der Waals surface area contributed by atoms with Crippen LogP contribution in [0.5, 0.6) is 0 Å². The number of benzene rings is 4. The van der Waals surface area contributed by atoms with Crippen molar-refractivity contribution in [1.29, 1.82) is 0 Å². The van der Waals surface area contributed by atoms with Crippen LogP contribution in [0.2, 0.25) is 0 Å². The van der Waals surface area contributed by atoms with Gasteiger partial charge >= 0.3 is 0 Å². The molecular weight excluding hydrogens is 425 g/mol. The van der Waals surface area contributed by atoms with Crippen LogP contribution in [0, 0.1) is 0 Å². The molecule has 6 rings (SSSR count). The first-order valence-corrected chi connectivity index (χ1v) is 12.5. The van der Waals surface area contributed by atoms with E-state index in [0.29, 0.717) is 0 Å². The van der Waals surface area contributed by atoms with Gasteiger partial charge in [0.05, 0.1) is 0 Å². The van der Waals surface area contributed by atoms with Crippen molar-refractivity contribution in [2.45, 2.75) is 0 Å². The molecule has 0 bridgehead atoms. The number of furan rings is 1. The van der Waals surface area contributed by atoms with E-state index in [-0.39, 0.29) is 0 Å². The first-order valence-electron chi connectivity index (χ1n) is 10.8. The van der Waals surface area contributed by atoms with Crippen LogP contribution in [-0.4, -0.2) is 4.98 Å². The lowest BCUT2D eigenvalue weighted by molar-refractivity contribution is 0.592. The third-order valence-electron chi connectivity index (χ3n) is 6.05. The standard InChI is InChI=1S/C29H20NO2P/c31-33(23-9-3-1-4-10-23,24-11-5-2-6-12-24)25-14-16-29-27(19-25)26-18-21(13-15-28(26)32-29)22-8-7-17-30-20-22/h1-20H. The van der Waals surface area contributed by atoms with Crippen molar-refractivity contribution < 1.29 is 8.98 Å². The first-order chi connectivity index (χ1) is 16.2. The lowest BCUT2D eigenvalue weighted by Gasteiger charge is -2.20. The van der Waals surface area contributed by atoms with E-state index >= 15 is 0 Å². The molecule has 33 heavy (non-hydrogen) atoms. The van der Waals surface area contributed by atoms with Crippen LogP contribution >= 0.6 is 7.14 Å². The summed E-state index contributed by atoms with van der Waals surface area (Å²) in [4.78, 5) is 4.24. The van der Waals surface area contributed by atoms with Crippen molar-refractivity contribution >= 4 is 45.0 Å². The fourth-order valence-electron chi connectivity index (χ4n) is 4.40. The molecule has 158 valence electrons. The van der Waals surface area contributed by atoms with E-state index in [9.17, 15) is 4.57 Å². The summed E-state index contributed by atoms with van der Waals surface area (Å²) in [5.74, 6) is 0. The van der Waals surface area contributed by atoms with Gasteiger partial charge in [-0.3, -0.25) is 4.98 Å². The van der Waals surface area contributed by atoms with Gasteiger partial charge in [0.2, 0.25) is 0 Å². The molecule has 0 aliphatic heterocycles. The first kappa shape index (κ1) is 19.7. The highest BCUT2D eigenvalue weighted by molar-refractivity contribution is 7.85. The zero-order chi connectivity index (χ0) is 22.3. The normalized spacial score (nSPS) is 11.8. The Hall–Kier alpha value is -3.94. The van der Waals surface area contributed by atoms with Crippen molar-refractivity contribution in [3.8, 4) is 11.1 Å². The van der Waals surface area contributed by atoms with Gasteiger partial charge in [0.25, 0.3) is 0 Å². The minimum atomic E-state index is -3.06. The molecule has 0 amide bonds. The Morgan fingerprint density at radius 3 is 1.85 bits per heavy atom. The van der Waals surface area contributed by atoms with Crippen molar-refractivity contribution in [2.24, 2.45) is 0 Å². The van der Waals surface area contributed by atoms with Crippen LogP contribution in [0.15, 0.2) is 126 Å². The van der Waals surface area contributed by atoms with Crippen LogP contribution in [0.1, 0.15) is 0 Å². The van der Waals surface area contributed by atoms with E-state index in [0.717, 1.165) is 49.0 Å². The predicted molar refractivity (Wildman–Crippen MR) is 136 cm³/mol. The Balaban J connectivity index is 1.60. The molecule has 0 atom stereocenters. The maximum absolute atomic E-state index is 14.8. The topological polar surface area (TPSA) is 43.1 Å². The number of aromatic nitrogens is 1. The Morgan fingerprint density at radius 1 is 0.576 bits per heavy atom. The maximum atomic E-state index is 14.8. The average Bonchev–Trinajstić information content (AvgIpc) is 3.27. The van der Waals surface area contributed by atoms with E-state index in [1.807, 2.05) is 109 Å². The number of pyridine rings is 1. The summed E-state index contributed by atoms with van der Waals surface area (Å²) >= 11 is 0. The summed E-state index contributed by atoms with van der Waals surface area (Å²) in [5.41, 5.74) is 3.70. The molecule has 0 spiro atoms. The minimum absolute atomic E-state index is 0.782. The highest BCUT2D eigenvalue weighted by Gasteiger charge is 2.30. The molecular formula is C29H20NO2P. The van der Waals surface area contributed by atoms with Crippen molar-refractivity contribution in [2.75, 3.05) is 0 Å². The van der Waals surface area contributed by atoms with Crippen LogP contribution in [0.4, 0.5) is 0 Å². The number of hydrogen-bond acceptors (Lipinski definition) is 3. The number of fused-ring (bicyclic) bond motifs is 3. The number of rotatable bonds is 4. The summed E-state index contributed by atoms with van der Waals surface area (Å²) in [6.45, 7) is 0. The third-order valence-corrected chi connectivity index (χ3v) is 9.11. The maximum Gasteiger partial charge on any atom is 0.171 e. The molecule has 6 aromatic rings. The molecule has 3 nitrogen and oxygen atoms in total. The second kappa shape index (κ2) is 7.88. The average molecular weight is 445 g/mol. The van der Waals surface area contributed by atoms with Gasteiger partial charge in [-0.2, -0.15) is 0 Å². The van der Waals surface area contributed by atoms with Crippen LogP contribution in [-0.2, 0) is 4.57 Å². The Morgan fingerprint density at radius 2 is 1.21 bits per heavy atom. The summed E-state index contributed by atoms with van der Waals surface area (Å²) in [5, 5.41) is 4.39. The second-order valence-electron chi connectivity index (χ2n) is 8.02. The van der Waals surface area contributed by atoms with E-state index in [4.69, 9.17) is 4.42 Å². The van der Waals surface area contributed by atoms with Gasteiger partial charge in [-0.05, 0) is 42.0 Å². The molecule has 4 aromatic carbocycles. The summed E-state index contributed by atoms with van der Waals surface area (Å²) in [7, 11) is -3.06. The smallest absolute Gasteiger partial charge is 0.171 e. The second-order valence-corrected chi connectivity index (χ2v) is 10.8. The SMILES string of the molecule is O=P(c1ccccc1)(c1ccccc1)c1ccc2oc3ccc(-c4cccnc4)cc3c2c1. The summed E-state index contributed by atoms with van der Waals surface area (Å²) in [6, 6.07) is 35.5. The van der Waals surface area contributed by atoms with Gasteiger partial charge in [0.1, 0.15) is 11.2 Å². The number of nitrogens with zero attached hydrogens (tertiary/aromatic N) is 1. The molecule has 0 unspecified atom stereocenters. The zero-order valence-electron chi connectivity index (χ0n) is 17.8. The summed E-state index contributed by atoms with van der Waals surface area (Å²) < 4.78 is 20.9. The van der Waals surface area contributed by atoms with Gasteiger partial charge < -0.3 is 8.98 Å². The molecule has 2 heterocycles. The van der Waals surface area contributed by atoms with E-state index in [1.54, 1.807) is 6.20 Å². The molecule has 0 aliphatic rings. The summed E-state index contributed by atoms with van der Waals surface area (Å²) in [6.07, 6.45) is 3.63. The highest BCUT2D eigenvalue weighted by Crippen LogP contribution is 2.43. The van der Waals surface area contributed by atoms with Gasteiger partial charge in [-0.25, -0.2) is 0 Å². The largest absolute Gasteiger partial charge is 0.456 e. The zero-order valence-corrected chi connectivity index (χ0v) is 18.7. The van der Waals surface area contributed by atoms with Gasteiger partial charge in [-0.1, -0.05) is 72.8 Å². The molecule has 0 aliphatic carbocycles. The quantitative estimate of drug-likeness (QED) is 0.300. The van der Waals surface area contributed by atoms with Crippen LogP contribution in [0.25, 0.3) is 33.1 Å². The minimum Gasteiger partial charge on any atom is -0.456 e. The Bertz CT molecular complexity index is 1580. The van der Waals surface area contributed by atoms with E-state index in [1.165, 1.54) is 0 Å². The Labute approximate surface area is 191 Å². The van der Waals surface area contributed by atoms with Crippen molar-refractivity contribution in [3.05, 3.63) is 122 Å². The van der Waals surface area contributed by atoms with Crippen LogP contribution < -0.4 is 15.9 Å². The van der Waals surface area contributed by atoms with Crippen molar-refractivity contribution in [3.63, 3.8) is 0 Å². The fourth-order valence-corrected chi connectivity index (χ4v) is 7.07. The van der Waals surface area contributed by atoms with Gasteiger partial charge in [0.15, 0.2) is 7.14 Å². The molecule has 0 radical (unpaired) electrons. The number of hydrogen-bond donors (Lipinski definition) is 0. The molecule has 0 fully saturated rings. The predicted octanol–water partition coefficient (Wildman–Crippen LogP) is 6.29. The molecule has 0 saturated carbocycles. The molecule has 2 aromatic heterocycles. The van der Waals surface area contributed by atoms with E-state index in [2.05, 4.69) is 11.1 Å². The van der Waals surface area contributed by atoms with Crippen LogP contribution in [0.3, 0.4) is 0 Å². The monoisotopic (exact) mass is 445 g/mol. The molecule has 0 saturated heterocycles.